The number of hydrogen-bond donors (Lipinski definition) is 3. The fourth-order valence-electron chi connectivity index (χ4n) is 3.66. The molecule has 11 heteroatoms. The van der Waals surface area contributed by atoms with Gasteiger partial charge >= 0.3 is 6.18 Å². The van der Waals surface area contributed by atoms with Gasteiger partial charge in [-0.1, -0.05) is 18.2 Å². The summed E-state index contributed by atoms with van der Waals surface area (Å²) in [5, 5.41) is 2.94. The molecular weight excluding hydrogens is 469 g/mol. The van der Waals surface area contributed by atoms with E-state index in [1.54, 1.807) is 26.0 Å². The van der Waals surface area contributed by atoms with Gasteiger partial charge in [-0.3, -0.25) is 4.79 Å². The third-order valence-corrected chi connectivity index (χ3v) is 5.46. The van der Waals surface area contributed by atoms with Crippen LogP contribution in [-0.2, 0) is 12.7 Å². The average Bonchev–Trinajstić information content (AvgIpc) is 3.23. The number of alkyl halides is 3. The number of imidazole rings is 1. The molecule has 1 amide bonds. The van der Waals surface area contributed by atoms with Crippen molar-refractivity contribution < 1.29 is 26.7 Å². The molecule has 4 N–H and O–H groups in total. The molecule has 0 fully saturated rings. The van der Waals surface area contributed by atoms with Crippen LogP contribution < -0.4 is 11.1 Å². The van der Waals surface area contributed by atoms with E-state index in [9.17, 15) is 26.7 Å². The van der Waals surface area contributed by atoms with E-state index >= 15 is 0 Å². The Labute approximate surface area is 196 Å². The van der Waals surface area contributed by atoms with Crippen LogP contribution >= 0.6 is 0 Å². The number of fused-ring (bicyclic) bond motifs is 1. The van der Waals surface area contributed by atoms with Crippen molar-refractivity contribution in [3.05, 3.63) is 82.3 Å². The summed E-state index contributed by atoms with van der Waals surface area (Å²) in [7, 11) is 0. The number of aromatic nitrogens is 3. The number of halogens is 5. The molecule has 1 atom stereocenters. The molecule has 182 valence electrons. The molecule has 0 saturated heterocycles. The van der Waals surface area contributed by atoms with Crippen molar-refractivity contribution >= 4 is 16.8 Å². The Morgan fingerprint density at radius 2 is 1.86 bits per heavy atom. The third-order valence-electron chi connectivity index (χ3n) is 5.46. The summed E-state index contributed by atoms with van der Waals surface area (Å²) in [5.41, 5.74) is 6.41. The van der Waals surface area contributed by atoms with Crippen molar-refractivity contribution in [2.75, 3.05) is 0 Å². The predicted molar refractivity (Wildman–Crippen MR) is 119 cm³/mol. The lowest BCUT2D eigenvalue weighted by Gasteiger charge is -2.10. The van der Waals surface area contributed by atoms with Gasteiger partial charge in [0.2, 0.25) is 0 Å². The molecule has 0 bridgehead atoms. The second kappa shape index (κ2) is 9.06. The van der Waals surface area contributed by atoms with Gasteiger partial charge in [0.15, 0.2) is 5.69 Å². The second-order valence-corrected chi connectivity index (χ2v) is 8.08. The van der Waals surface area contributed by atoms with E-state index in [-0.39, 0.29) is 34.8 Å². The predicted octanol–water partition coefficient (Wildman–Crippen LogP) is 5.18. The number of H-pyrrole nitrogens is 1. The number of hydrogen-bond acceptors (Lipinski definition) is 4. The SMILES string of the molecule is Cc1ccc(-c2nc(C(=O)NCc3ccc(F)cc3F)c([C@H](C)N)[nH]2)c2ccc(C(F)(F)F)nc12. The fraction of sp³-hybridized carbons (Fsp3) is 0.208. The van der Waals surface area contributed by atoms with E-state index < -0.39 is 35.5 Å². The van der Waals surface area contributed by atoms with Crippen LogP contribution in [-0.4, -0.2) is 20.9 Å². The van der Waals surface area contributed by atoms with Crippen molar-refractivity contribution in [3.63, 3.8) is 0 Å². The minimum absolute atomic E-state index is 0.0499. The van der Waals surface area contributed by atoms with Gasteiger partial charge in [0.25, 0.3) is 5.91 Å². The van der Waals surface area contributed by atoms with E-state index in [0.717, 1.165) is 12.1 Å². The van der Waals surface area contributed by atoms with E-state index in [4.69, 9.17) is 5.73 Å². The molecule has 2 aromatic carbocycles. The zero-order valence-electron chi connectivity index (χ0n) is 18.6. The molecule has 0 aliphatic carbocycles. The van der Waals surface area contributed by atoms with Crippen molar-refractivity contribution in [3.8, 4) is 11.4 Å². The number of nitrogens with one attached hydrogen (secondary N) is 2. The van der Waals surface area contributed by atoms with Crippen molar-refractivity contribution in [1.82, 2.24) is 20.3 Å². The number of nitrogens with zero attached hydrogens (tertiary/aromatic N) is 2. The Balaban J connectivity index is 1.72. The fourth-order valence-corrected chi connectivity index (χ4v) is 3.66. The number of aromatic amines is 1. The number of pyridine rings is 1. The van der Waals surface area contributed by atoms with Crippen LogP contribution in [0, 0.1) is 18.6 Å². The van der Waals surface area contributed by atoms with Crippen LogP contribution in [0.2, 0.25) is 0 Å². The van der Waals surface area contributed by atoms with Gasteiger partial charge in [0.1, 0.15) is 23.2 Å². The maximum Gasteiger partial charge on any atom is 0.433 e. The lowest BCUT2D eigenvalue weighted by Crippen LogP contribution is -2.26. The minimum Gasteiger partial charge on any atom is -0.346 e. The number of rotatable bonds is 5. The van der Waals surface area contributed by atoms with E-state index in [1.807, 2.05) is 0 Å². The molecular formula is C24H20F5N5O. The van der Waals surface area contributed by atoms with Crippen LogP contribution in [0.25, 0.3) is 22.3 Å². The first-order chi connectivity index (χ1) is 16.5. The summed E-state index contributed by atoms with van der Waals surface area (Å²) in [6.07, 6.45) is -4.60. The standard InChI is InChI=1S/C24H20F5N5O/c1-11-3-6-16(15-7-8-18(24(27,28)29)32-19(11)15)22-33-20(12(2)30)21(34-22)23(35)31-10-13-4-5-14(25)9-17(13)26/h3-9,12H,10,30H2,1-2H3,(H,31,35)(H,33,34)/t12-/m0/s1. The quantitative estimate of drug-likeness (QED) is 0.337. The molecule has 35 heavy (non-hydrogen) atoms. The average molecular weight is 489 g/mol. The van der Waals surface area contributed by atoms with E-state index in [0.29, 0.717) is 22.6 Å². The Morgan fingerprint density at radius 3 is 2.51 bits per heavy atom. The Morgan fingerprint density at radius 1 is 1.11 bits per heavy atom. The first kappa shape index (κ1) is 24.3. The molecule has 0 radical (unpaired) electrons. The number of benzene rings is 2. The van der Waals surface area contributed by atoms with Gasteiger partial charge in [-0.25, -0.2) is 18.7 Å². The number of nitrogens with two attached hydrogens (primary N) is 1. The summed E-state index contributed by atoms with van der Waals surface area (Å²) in [5.74, 6) is -1.99. The summed E-state index contributed by atoms with van der Waals surface area (Å²) in [6, 6.07) is 7.81. The van der Waals surface area contributed by atoms with Crippen molar-refractivity contribution in [2.24, 2.45) is 5.73 Å². The highest BCUT2D eigenvalue weighted by Gasteiger charge is 2.33. The molecule has 0 saturated carbocycles. The molecule has 0 unspecified atom stereocenters. The molecule has 2 heterocycles. The Kier molecular flexibility index (Phi) is 6.28. The number of carbonyl (C=O) groups excluding carboxylic acids is 1. The first-order valence-electron chi connectivity index (χ1n) is 10.5. The highest BCUT2D eigenvalue weighted by atomic mass is 19.4. The topological polar surface area (TPSA) is 96.7 Å². The highest BCUT2D eigenvalue weighted by Crippen LogP contribution is 2.34. The maximum absolute atomic E-state index is 13.9. The second-order valence-electron chi connectivity index (χ2n) is 8.08. The van der Waals surface area contributed by atoms with Gasteiger partial charge < -0.3 is 16.0 Å². The number of amides is 1. The highest BCUT2D eigenvalue weighted by molar-refractivity contribution is 5.97. The maximum atomic E-state index is 13.9. The van der Waals surface area contributed by atoms with Gasteiger partial charge in [-0.2, -0.15) is 13.2 Å². The van der Waals surface area contributed by atoms with Crippen LogP contribution in [0.15, 0.2) is 42.5 Å². The van der Waals surface area contributed by atoms with E-state index in [2.05, 4.69) is 20.3 Å². The number of aryl methyl sites for hydroxylation is 1. The summed E-state index contributed by atoms with van der Waals surface area (Å²) in [6.45, 7) is 3.05. The largest absolute Gasteiger partial charge is 0.433 e. The lowest BCUT2D eigenvalue weighted by atomic mass is 10.0. The first-order valence-corrected chi connectivity index (χ1v) is 10.5. The molecule has 6 nitrogen and oxygen atoms in total. The monoisotopic (exact) mass is 489 g/mol. The molecule has 0 aliphatic heterocycles. The smallest absolute Gasteiger partial charge is 0.346 e. The van der Waals surface area contributed by atoms with Crippen molar-refractivity contribution in [1.29, 1.82) is 0 Å². The minimum atomic E-state index is -4.60. The number of carbonyl (C=O) groups is 1. The van der Waals surface area contributed by atoms with Crippen LogP contribution in [0.3, 0.4) is 0 Å². The lowest BCUT2D eigenvalue weighted by molar-refractivity contribution is -0.140. The summed E-state index contributed by atoms with van der Waals surface area (Å²) < 4.78 is 66.5. The Bertz CT molecular complexity index is 1430. The zero-order valence-corrected chi connectivity index (χ0v) is 18.6. The van der Waals surface area contributed by atoms with Gasteiger partial charge in [0.05, 0.1) is 11.2 Å². The van der Waals surface area contributed by atoms with Crippen LogP contribution in [0.4, 0.5) is 22.0 Å². The normalized spacial score (nSPS) is 12.7. The molecule has 0 aliphatic rings. The van der Waals surface area contributed by atoms with Gasteiger partial charge in [-0.05, 0) is 37.6 Å². The molecule has 4 rings (SSSR count). The Hall–Kier alpha value is -3.86. The molecule has 0 spiro atoms. The van der Waals surface area contributed by atoms with Gasteiger partial charge in [0, 0.05) is 35.2 Å². The molecule has 2 aromatic heterocycles. The molecule has 4 aromatic rings. The third kappa shape index (κ3) is 4.85. The zero-order chi connectivity index (χ0) is 25.5. The van der Waals surface area contributed by atoms with Crippen LogP contribution in [0.1, 0.15) is 46.0 Å². The van der Waals surface area contributed by atoms with Crippen LogP contribution in [0.5, 0.6) is 0 Å². The van der Waals surface area contributed by atoms with E-state index in [1.165, 1.54) is 12.1 Å². The summed E-state index contributed by atoms with van der Waals surface area (Å²) in [4.78, 5) is 24.0. The van der Waals surface area contributed by atoms with Crippen molar-refractivity contribution in [2.45, 2.75) is 32.6 Å². The van der Waals surface area contributed by atoms with Gasteiger partial charge in [-0.15, -0.1) is 0 Å². The summed E-state index contributed by atoms with van der Waals surface area (Å²) >= 11 is 0.